The fraction of sp³-hybridized carbons (Fsp3) is 0.298. The molecule has 2 aliphatic heterocycles. The summed E-state index contributed by atoms with van der Waals surface area (Å²) in [5, 5.41) is 9.17. The van der Waals surface area contributed by atoms with Gasteiger partial charge in [0, 0.05) is 90.7 Å². The normalized spacial score (nSPS) is 16.1. The first kappa shape index (κ1) is 40.5. The quantitative estimate of drug-likeness (QED) is 0.147. The van der Waals surface area contributed by atoms with Crippen LogP contribution >= 0.6 is 0 Å². The average Bonchev–Trinajstić information content (AvgIpc) is 3.88. The maximum atomic E-state index is 15.0. The number of rotatable bonds is 12. The van der Waals surface area contributed by atoms with Gasteiger partial charge in [-0.15, -0.1) is 0 Å². The van der Waals surface area contributed by atoms with Crippen molar-refractivity contribution in [2.75, 3.05) is 65.4 Å². The molecule has 0 saturated carbocycles. The SMILES string of the molecule is Cn1nc(-c2ccccc2)cc1C(=O)N1CCN(CC(C(=O)C(CN2CCN(C(=O)c3cc(-c4ccccc4)nn3C)CC2)c2ccc(F)cc2)c2ccc(F)cc2)CC1. The molecule has 308 valence electrons. The van der Waals surface area contributed by atoms with Crippen LogP contribution in [0.4, 0.5) is 8.78 Å². The lowest BCUT2D eigenvalue weighted by Crippen LogP contribution is -2.51. The highest BCUT2D eigenvalue weighted by molar-refractivity contribution is 5.95. The molecule has 6 aromatic rings. The smallest absolute Gasteiger partial charge is 0.272 e. The van der Waals surface area contributed by atoms with Crippen LogP contribution in [0.2, 0.25) is 0 Å². The summed E-state index contributed by atoms with van der Waals surface area (Å²) in [6, 6.07) is 35.3. The van der Waals surface area contributed by atoms with Crippen molar-refractivity contribution in [1.82, 2.24) is 39.2 Å². The summed E-state index contributed by atoms with van der Waals surface area (Å²) in [6.45, 7) is 4.76. The number of carbonyl (C=O) groups excluding carboxylic acids is 3. The number of carbonyl (C=O) groups is 3. The Labute approximate surface area is 348 Å². The molecule has 2 atom stereocenters. The molecule has 60 heavy (non-hydrogen) atoms. The van der Waals surface area contributed by atoms with Crippen molar-refractivity contribution >= 4 is 17.6 Å². The molecule has 8 rings (SSSR count). The van der Waals surface area contributed by atoms with E-state index >= 15 is 4.79 Å². The van der Waals surface area contributed by atoms with Gasteiger partial charge in [-0.2, -0.15) is 10.2 Å². The third-order valence-corrected chi connectivity index (χ3v) is 11.8. The van der Waals surface area contributed by atoms with E-state index in [9.17, 15) is 18.4 Å². The lowest BCUT2D eigenvalue weighted by Gasteiger charge is -2.38. The fourth-order valence-corrected chi connectivity index (χ4v) is 8.29. The zero-order chi connectivity index (χ0) is 41.8. The number of Topliss-reactive ketones (excluding diaryl/α,β-unsaturated/α-hetero) is 1. The second-order valence-electron chi connectivity index (χ2n) is 15.6. The number of hydrogen-bond donors (Lipinski definition) is 0. The van der Waals surface area contributed by atoms with Crippen LogP contribution in [-0.2, 0) is 18.9 Å². The first-order valence-corrected chi connectivity index (χ1v) is 20.4. The topological polar surface area (TPSA) is 99.8 Å². The fourth-order valence-electron chi connectivity index (χ4n) is 8.29. The summed E-state index contributed by atoms with van der Waals surface area (Å²) in [5.74, 6) is -2.31. The van der Waals surface area contributed by atoms with Gasteiger partial charge in [0.2, 0.25) is 0 Å². The van der Waals surface area contributed by atoms with Gasteiger partial charge < -0.3 is 9.80 Å². The lowest BCUT2D eigenvalue weighted by molar-refractivity contribution is -0.123. The van der Waals surface area contributed by atoms with Crippen molar-refractivity contribution in [2.24, 2.45) is 14.1 Å². The zero-order valence-corrected chi connectivity index (χ0v) is 33.8. The number of amides is 2. The zero-order valence-electron chi connectivity index (χ0n) is 33.8. The van der Waals surface area contributed by atoms with E-state index in [4.69, 9.17) is 0 Å². The number of benzene rings is 4. The first-order valence-electron chi connectivity index (χ1n) is 20.4. The molecule has 2 saturated heterocycles. The molecule has 2 unspecified atom stereocenters. The predicted octanol–water partition coefficient (Wildman–Crippen LogP) is 6.12. The lowest BCUT2D eigenvalue weighted by atomic mass is 9.82. The highest BCUT2D eigenvalue weighted by Crippen LogP contribution is 2.31. The van der Waals surface area contributed by atoms with Crippen LogP contribution in [0, 0.1) is 11.6 Å². The Hall–Kier alpha value is -6.31. The summed E-state index contributed by atoms with van der Waals surface area (Å²) in [6.07, 6.45) is 0. The minimum atomic E-state index is -0.625. The number of halogens is 2. The van der Waals surface area contributed by atoms with Crippen LogP contribution < -0.4 is 0 Å². The highest BCUT2D eigenvalue weighted by Gasteiger charge is 2.35. The number of aryl methyl sites for hydroxylation is 2. The van der Waals surface area contributed by atoms with Crippen molar-refractivity contribution in [3.05, 3.63) is 155 Å². The highest BCUT2D eigenvalue weighted by atomic mass is 19.1. The van der Waals surface area contributed by atoms with E-state index in [1.54, 1.807) is 47.7 Å². The van der Waals surface area contributed by atoms with Crippen LogP contribution in [0.1, 0.15) is 43.9 Å². The minimum absolute atomic E-state index is 0.0584. The third kappa shape index (κ3) is 8.97. The molecule has 13 heteroatoms. The van der Waals surface area contributed by atoms with Gasteiger partial charge in [-0.25, -0.2) is 8.78 Å². The molecule has 11 nitrogen and oxygen atoms in total. The maximum absolute atomic E-state index is 15.0. The molecular formula is C47H48F2N8O3. The Balaban J connectivity index is 0.958. The predicted molar refractivity (Wildman–Crippen MR) is 225 cm³/mol. The average molecular weight is 811 g/mol. The summed E-state index contributed by atoms with van der Waals surface area (Å²) in [7, 11) is 3.55. The van der Waals surface area contributed by atoms with Gasteiger partial charge in [-0.1, -0.05) is 84.9 Å². The number of aromatic nitrogens is 4. The van der Waals surface area contributed by atoms with Gasteiger partial charge in [0.1, 0.15) is 28.8 Å². The molecule has 2 amide bonds. The molecule has 2 fully saturated rings. The Bertz CT molecular complexity index is 2250. The van der Waals surface area contributed by atoms with Crippen molar-refractivity contribution in [3.8, 4) is 22.5 Å². The Morgan fingerprint density at radius 2 is 0.867 bits per heavy atom. The van der Waals surface area contributed by atoms with E-state index in [1.807, 2.05) is 82.6 Å². The van der Waals surface area contributed by atoms with E-state index in [0.29, 0.717) is 88.0 Å². The van der Waals surface area contributed by atoms with Crippen LogP contribution in [0.3, 0.4) is 0 Å². The number of piperazine rings is 2. The Morgan fingerprint density at radius 3 is 1.22 bits per heavy atom. The van der Waals surface area contributed by atoms with Crippen molar-refractivity contribution in [3.63, 3.8) is 0 Å². The Morgan fingerprint density at radius 1 is 0.517 bits per heavy atom. The van der Waals surface area contributed by atoms with Gasteiger partial charge in [-0.3, -0.25) is 33.5 Å². The first-order chi connectivity index (χ1) is 29.1. The summed E-state index contributed by atoms with van der Waals surface area (Å²) < 4.78 is 31.7. The van der Waals surface area contributed by atoms with Crippen molar-refractivity contribution in [1.29, 1.82) is 0 Å². The third-order valence-electron chi connectivity index (χ3n) is 11.8. The van der Waals surface area contributed by atoms with Crippen LogP contribution in [0.5, 0.6) is 0 Å². The van der Waals surface area contributed by atoms with E-state index in [-0.39, 0.29) is 17.6 Å². The minimum Gasteiger partial charge on any atom is -0.335 e. The summed E-state index contributed by atoms with van der Waals surface area (Å²) in [4.78, 5) is 50.4. The van der Waals surface area contributed by atoms with Crippen molar-refractivity contribution in [2.45, 2.75) is 11.8 Å². The van der Waals surface area contributed by atoms with Gasteiger partial charge in [0.25, 0.3) is 11.8 Å². The van der Waals surface area contributed by atoms with Gasteiger partial charge in [0.15, 0.2) is 0 Å². The molecule has 0 spiro atoms. The number of hydrogen-bond acceptors (Lipinski definition) is 7. The molecule has 4 heterocycles. The molecule has 2 aliphatic rings. The molecule has 0 N–H and O–H groups in total. The molecule has 0 aliphatic carbocycles. The number of ketones is 1. The van der Waals surface area contributed by atoms with E-state index < -0.39 is 23.5 Å². The summed E-state index contributed by atoms with van der Waals surface area (Å²) in [5.41, 5.74) is 5.72. The van der Waals surface area contributed by atoms with Crippen LogP contribution in [0.15, 0.2) is 121 Å². The van der Waals surface area contributed by atoms with E-state index in [2.05, 4.69) is 20.0 Å². The van der Waals surface area contributed by atoms with Gasteiger partial charge in [-0.05, 0) is 47.5 Å². The second kappa shape index (κ2) is 17.9. The summed E-state index contributed by atoms with van der Waals surface area (Å²) >= 11 is 0. The van der Waals surface area contributed by atoms with Crippen molar-refractivity contribution < 1.29 is 23.2 Å². The maximum Gasteiger partial charge on any atom is 0.272 e. The molecular weight excluding hydrogens is 763 g/mol. The standard InChI is InChI=1S/C47H48F2N8O3/c1-52-43(29-41(50-52)35-9-5-3-6-10-35)46(59)56-25-21-54(22-26-56)31-39(33-13-17-37(48)18-14-33)45(58)40(34-15-19-38(49)20-16-34)32-55-23-27-57(28-24-55)47(60)44-30-42(51-53(44)2)36-11-7-4-8-12-36/h3-20,29-30,39-40H,21-28,31-32H2,1-2H3. The molecule has 2 aromatic heterocycles. The Kier molecular flexibility index (Phi) is 12.1. The van der Waals surface area contributed by atoms with Crippen LogP contribution in [-0.4, -0.2) is 122 Å². The monoisotopic (exact) mass is 810 g/mol. The van der Waals surface area contributed by atoms with Crippen LogP contribution in [0.25, 0.3) is 22.5 Å². The largest absolute Gasteiger partial charge is 0.335 e. The number of nitrogens with zero attached hydrogens (tertiary/aromatic N) is 8. The van der Waals surface area contributed by atoms with Gasteiger partial charge >= 0.3 is 0 Å². The molecule has 4 aromatic carbocycles. The van der Waals surface area contributed by atoms with E-state index in [1.165, 1.54) is 24.3 Å². The second-order valence-corrected chi connectivity index (χ2v) is 15.6. The molecule has 0 radical (unpaired) electrons. The molecule has 0 bridgehead atoms. The van der Waals surface area contributed by atoms with E-state index in [0.717, 1.165) is 22.5 Å². The van der Waals surface area contributed by atoms with Gasteiger partial charge in [0.05, 0.1) is 23.2 Å².